The molecule has 2 amide bonds. The molecule has 1 fully saturated rings. The number of likely N-dealkylation sites (tertiary alicyclic amines) is 1. The van der Waals surface area contributed by atoms with E-state index in [4.69, 9.17) is 16.3 Å². The third-order valence-electron chi connectivity index (χ3n) is 3.75. The Morgan fingerprint density at radius 3 is 3.05 bits per heavy atom. The van der Waals surface area contributed by atoms with Crippen LogP contribution in [0.3, 0.4) is 0 Å². The van der Waals surface area contributed by atoms with Crippen LogP contribution >= 0.6 is 11.6 Å². The largest absolute Gasteiger partial charge is 0.383 e. The van der Waals surface area contributed by atoms with Crippen molar-refractivity contribution in [3.05, 3.63) is 34.9 Å². The second-order valence-electron chi connectivity index (χ2n) is 5.40. The number of methoxy groups -OCH3 is 1. The number of nitrogens with one attached hydrogen (secondary N) is 1. The van der Waals surface area contributed by atoms with Crippen LogP contribution < -0.4 is 5.32 Å². The lowest BCUT2D eigenvalue weighted by Crippen LogP contribution is -2.35. The summed E-state index contributed by atoms with van der Waals surface area (Å²) in [5.41, 5.74) is 1.09. The average molecular weight is 325 g/mol. The van der Waals surface area contributed by atoms with Crippen LogP contribution in [-0.4, -0.2) is 50.1 Å². The Balaban J connectivity index is 1.81. The van der Waals surface area contributed by atoms with Gasteiger partial charge in [0.1, 0.15) is 0 Å². The molecule has 1 atom stereocenters. The Kier molecular flexibility index (Phi) is 6.21. The Hall–Kier alpha value is -1.59. The molecule has 1 heterocycles. The lowest BCUT2D eigenvalue weighted by molar-refractivity contribution is -0.129. The molecule has 0 saturated carbocycles. The third-order valence-corrected chi connectivity index (χ3v) is 3.99. The zero-order valence-electron chi connectivity index (χ0n) is 12.7. The first-order valence-electron chi connectivity index (χ1n) is 7.39. The minimum atomic E-state index is -0.260. The maximum Gasteiger partial charge on any atom is 0.225 e. The zero-order chi connectivity index (χ0) is 15.9. The van der Waals surface area contributed by atoms with Crippen LogP contribution in [0, 0.1) is 5.92 Å². The van der Waals surface area contributed by atoms with Crippen LogP contribution in [0.25, 0.3) is 0 Å². The van der Waals surface area contributed by atoms with Gasteiger partial charge in [-0.1, -0.05) is 23.7 Å². The fraction of sp³-hybridized carbons (Fsp3) is 0.500. The monoisotopic (exact) mass is 324 g/mol. The number of nitrogens with zero attached hydrogens (tertiary/aromatic N) is 1. The summed E-state index contributed by atoms with van der Waals surface area (Å²) in [4.78, 5) is 25.7. The van der Waals surface area contributed by atoms with E-state index in [1.807, 2.05) is 24.3 Å². The normalized spacial score (nSPS) is 17.8. The molecule has 1 aromatic carbocycles. The molecule has 120 valence electrons. The fourth-order valence-corrected chi connectivity index (χ4v) is 2.75. The van der Waals surface area contributed by atoms with E-state index in [1.165, 1.54) is 0 Å². The summed E-state index contributed by atoms with van der Waals surface area (Å²) in [5, 5.41) is 3.48. The van der Waals surface area contributed by atoms with Crippen molar-refractivity contribution in [2.24, 2.45) is 5.92 Å². The standard InChI is InChI=1S/C16H21ClN2O3/c1-22-8-6-18-16(21)13-10-15(20)19(11-13)7-5-12-3-2-4-14(17)9-12/h2-4,9,13H,5-8,10-11H2,1H3,(H,18,21). The molecule has 0 bridgehead atoms. The molecular weight excluding hydrogens is 304 g/mol. The minimum Gasteiger partial charge on any atom is -0.383 e. The van der Waals surface area contributed by atoms with E-state index in [9.17, 15) is 9.59 Å². The number of hydrogen-bond donors (Lipinski definition) is 1. The van der Waals surface area contributed by atoms with Gasteiger partial charge in [0, 0.05) is 38.2 Å². The highest BCUT2D eigenvalue weighted by molar-refractivity contribution is 6.30. The van der Waals surface area contributed by atoms with Gasteiger partial charge in [-0.25, -0.2) is 0 Å². The second kappa shape index (κ2) is 8.15. The molecule has 2 rings (SSSR count). The molecule has 0 aromatic heterocycles. The van der Waals surface area contributed by atoms with Gasteiger partial charge < -0.3 is 15.0 Å². The number of carbonyl (C=O) groups excluding carboxylic acids is 2. The van der Waals surface area contributed by atoms with Crippen LogP contribution in [-0.2, 0) is 20.7 Å². The van der Waals surface area contributed by atoms with Gasteiger partial charge in [-0.2, -0.15) is 0 Å². The SMILES string of the molecule is COCCNC(=O)C1CC(=O)N(CCc2cccc(Cl)c2)C1. The van der Waals surface area contributed by atoms with Crippen LogP contribution in [0.2, 0.25) is 5.02 Å². The van der Waals surface area contributed by atoms with Crippen LogP contribution in [0.15, 0.2) is 24.3 Å². The average Bonchev–Trinajstić information content (AvgIpc) is 2.87. The predicted octanol–water partition coefficient (Wildman–Crippen LogP) is 1.49. The van der Waals surface area contributed by atoms with Crippen molar-refractivity contribution in [3.8, 4) is 0 Å². The van der Waals surface area contributed by atoms with Crippen molar-refractivity contribution in [1.82, 2.24) is 10.2 Å². The highest BCUT2D eigenvalue weighted by Gasteiger charge is 2.33. The molecule has 5 nitrogen and oxygen atoms in total. The van der Waals surface area contributed by atoms with Gasteiger partial charge in [0.05, 0.1) is 12.5 Å². The van der Waals surface area contributed by atoms with E-state index in [0.29, 0.717) is 31.3 Å². The van der Waals surface area contributed by atoms with E-state index >= 15 is 0 Å². The summed E-state index contributed by atoms with van der Waals surface area (Å²) in [5.74, 6) is -0.298. The van der Waals surface area contributed by atoms with Crippen molar-refractivity contribution in [1.29, 1.82) is 0 Å². The van der Waals surface area contributed by atoms with Crippen molar-refractivity contribution >= 4 is 23.4 Å². The lowest BCUT2D eigenvalue weighted by atomic mass is 10.1. The first-order valence-corrected chi connectivity index (χ1v) is 7.77. The molecule has 0 radical (unpaired) electrons. The topological polar surface area (TPSA) is 58.6 Å². The van der Waals surface area contributed by atoms with E-state index in [0.717, 1.165) is 12.0 Å². The van der Waals surface area contributed by atoms with Crippen LogP contribution in [0.5, 0.6) is 0 Å². The smallest absolute Gasteiger partial charge is 0.225 e. The van der Waals surface area contributed by atoms with Crippen molar-refractivity contribution in [2.75, 3.05) is 33.4 Å². The second-order valence-corrected chi connectivity index (χ2v) is 5.84. The van der Waals surface area contributed by atoms with E-state index in [2.05, 4.69) is 5.32 Å². The molecule has 0 aliphatic carbocycles. The molecule has 22 heavy (non-hydrogen) atoms. The maximum atomic E-state index is 12.0. The fourth-order valence-electron chi connectivity index (χ4n) is 2.54. The molecule has 1 aliphatic heterocycles. The predicted molar refractivity (Wildman–Crippen MR) is 84.7 cm³/mol. The Bertz CT molecular complexity index is 536. The van der Waals surface area contributed by atoms with E-state index in [1.54, 1.807) is 12.0 Å². The lowest BCUT2D eigenvalue weighted by Gasteiger charge is -2.16. The summed E-state index contributed by atoms with van der Waals surface area (Å²) in [6, 6.07) is 7.61. The number of halogens is 1. The number of benzene rings is 1. The Morgan fingerprint density at radius 2 is 2.32 bits per heavy atom. The van der Waals surface area contributed by atoms with Gasteiger partial charge in [-0.15, -0.1) is 0 Å². The highest BCUT2D eigenvalue weighted by Crippen LogP contribution is 2.19. The van der Waals surface area contributed by atoms with Crippen LogP contribution in [0.1, 0.15) is 12.0 Å². The number of hydrogen-bond acceptors (Lipinski definition) is 3. The molecule has 6 heteroatoms. The summed E-state index contributed by atoms with van der Waals surface area (Å²) in [6.45, 7) is 2.05. The molecule has 1 aromatic rings. The maximum absolute atomic E-state index is 12.0. The molecule has 0 spiro atoms. The first-order chi connectivity index (χ1) is 10.6. The summed E-state index contributed by atoms with van der Waals surface area (Å²) >= 11 is 5.95. The molecular formula is C16H21ClN2O3. The number of ether oxygens (including phenoxy) is 1. The van der Waals surface area contributed by atoms with Gasteiger partial charge in [0.15, 0.2) is 0 Å². The van der Waals surface area contributed by atoms with Crippen molar-refractivity contribution in [3.63, 3.8) is 0 Å². The number of amides is 2. The van der Waals surface area contributed by atoms with E-state index in [-0.39, 0.29) is 24.2 Å². The summed E-state index contributed by atoms with van der Waals surface area (Å²) in [6.07, 6.45) is 1.03. The molecule has 1 unspecified atom stereocenters. The molecule has 1 aliphatic rings. The number of rotatable bonds is 7. The van der Waals surface area contributed by atoms with Gasteiger partial charge >= 0.3 is 0 Å². The molecule has 1 N–H and O–H groups in total. The Labute approximate surface area is 135 Å². The highest BCUT2D eigenvalue weighted by atomic mass is 35.5. The van der Waals surface area contributed by atoms with Gasteiger partial charge in [-0.05, 0) is 24.1 Å². The van der Waals surface area contributed by atoms with Crippen LogP contribution in [0.4, 0.5) is 0 Å². The third kappa shape index (κ3) is 4.71. The van der Waals surface area contributed by atoms with Crippen molar-refractivity contribution < 1.29 is 14.3 Å². The first kappa shape index (κ1) is 16.8. The van der Waals surface area contributed by atoms with Gasteiger partial charge in [0.2, 0.25) is 11.8 Å². The number of carbonyl (C=O) groups is 2. The zero-order valence-corrected chi connectivity index (χ0v) is 13.4. The quantitative estimate of drug-likeness (QED) is 0.773. The Morgan fingerprint density at radius 1 is 1.50 bits per heavy atom. The van der Waals surface area contributed by atoms with E-state index < -0.39 is 0 Å². The molecule has 1 saturated heterocycles. The summed E-state index contributed by atoms with van der Waals surface area (Å²) < 4.78 is 4.89. The van der Waals surface area contributed by atoms with Gasteiger partial charge in [0.25, 0.3) is 0 Å². The summed E-state index contributed by atoms with van der Waals surface area (Å²) in [7, 11) is 1.59. The van der Waals surface area contributed by atoms with Gasteiger partial charge in [-0.3, -0.25) is 9.59 Å². The van der Waals surface area contributed by atoms with Crippen molar-refractivity contribution in [2.45, 2.75) is 12.8 Å². The minimum absolute atomic E-state index is 0.0360.